The summed E-state index contributed by atoms with van der Waals surface area (Å²) >= 11 is 0. The Bertz CT molecular complexity index is 679. The molecule has 6 heteroatoms. The Morgan fingerprint density at radius 1 is 1.24 bits per heavy atom. The fourth-order valence-electron chi connectivity index (χ4n) is 4.96. The number of hydrogen-bond acceptors (Lipinski definition) is 3. The van der Waals surface area contributed by atoms with E-state index in [1.165, 1.54) is 17.5 Å². The summed E-state index contributed by atoms with van der Waals surface area (Å²) < 4.78 is 11.5. The molecular formula is C23H38IN3O2. The molecule has 0 aliphatic carbocycles. The zero-order chi connectivity index (χ0) is 20.1. The minimum Gasteiger partial charge on any atom is -0.496 e. The second kappa shape index (κ2) is 10.8. The van der Waals surface area contributed by atoms with Crippen molar-refractivity contribution in [3.8, 4) is 5.75 Å². The topological polar surface area (TPSA) is 46.1 Å². The first-order valence-corrected chi connectivity index (χ1v) is 10.7. The molecule has 0 radical (unpaired) electrons. The molecule has 0 spiro atoms. The van der Waals surface area contributed by atoms with Crippen molar-refractivity contribution in [3.63, 3.8) is 0 Å². The summed E-state index contributed by atoms with van der Waals surface area (Å²) in [6.07, 6.45) is 3.28. The van der Waals surface area contributed by atoms with Gasteiger partial charge in [0.05, 0.1) is 7.11 Å². The van der Waals surface area contributed by atoms with Crippen LogP contribution < -0.4 is 10.1 Å². The monoisotopic (exact) mass is 515 g/mol. The van der Waals surface area contributed by atoms with Crippen LogP contribution in [0.25, 0.3) is 0 Å². The van der Waals surface area contributed by atoms with Gasteiger partial charge in [-0.25, -0.2) is 0 Å². The standard InChI is InChI=1S/C23H37N3O2.HI/c1-17-6-7-21(27-5)20(13-17)23(8-10-28-11-9-23)16-25-22(24-4)26-14-18(2)12-19(3)15-26;/h6-7,13,18-19H,8-12,14-16H2,1-5H3,(H,24,25);1H. The Labute approximate surface area is 193 Å². The normalized spacial score (nSPS) is 24.6. The van der Waals surface area contributed by atoms with Crippen LogP contribution in [0.4, 0.5) is 0 Å². The van der Waals surface area contributed by atoms with E-state index >= 15 is 0 Å². The molecule has 2 aliphatic heterocycles. The maximum atomic E-state index is 5.75. The first kappa shape index (κ1) is 24.3. The summed E-state index contributed by atoms with van der Waals surface area (Å²) in [7, 11) is 3.67. The predicted molar refractivity (Wildman–Crippen MR) is 131 cm³/mol. The van der Waals surface area contributed by atoms with Gasteiger partial charge in [-0.05, 0) is 44.1 Å². The van der Waals surface area contributed by atoms with Crippen LogP contribution in [0.5, 0.6) is 5.75 Å². The van der Waals surface area contributed by atoms with Crippen LogP contribution in [0.1, 0.15) is 44.2 Å². The van der Waals surface area contributed by atoms with Crippen molar-refractivity contribution in [3.05, 3.63) is 29.3 Å². The van der Waals surface area contributed by atoms with E-state index in [0.29, 0.717) is 11.8 Å². The lowest BCUT2D eigenvalue weighted by Gasteiger charge is -2.41. The van der Waals surface area contributed by atoms with Crippen molar-refractivity contribution in [2.75, 3.05) is 47.0 Å². The third-order valence-corrected chi connectivity index (χ3v) is 6.34. The number of rotatable bonds is 4. The molecule has 2 unspecified atom stereocenters. The third-order valence-electron chi connectivity index (χ3n) is 6.34. The minimum atomic E-state index is -0.00142. The number of guanidine groups is 1. The number of benzene rings is 1. The number of aryl methyl sites for hydroxylation is 1. The van der Waals surface area contributed by atoms with Gasteiger partial charge in [-0.2, -0.15) is 0 Å². The highest BCUT2D eigenvalue weighted by Gasteiger charge is 2.37. The lowest BCUT2D eigenvalue weighted by molar-refractivity contribution is 0.0501. The van der Waals surface area contributed by atoms with Crippen molar-refractivity contribution in [2.24, 2.45) is 16.8 Å². The van der Waals surface area contributed by atoms with E-state index in [1.807, 2.05) is 7.05 Å². The molecule has 0 bridgehead atoms. The first-order chi connectivity index (χ1) is 13.5. The highest BCUT2D eigenvalue weighted by atomic mass is 127. The minimum absolute atomic E-state index is 0. The second-order valence-corrected chi connectivity index (χ2v) is 8.85. The maximum absolute atomic E-state index is 5.75. The van der Waals surface area contributed by atoms with Gasteiger partial charge < -0.3 is 19.7 Å². The van der Waals surface area contributed by atoms with E-state index in [2.05, 4.69) is 54.2 Å². The second-order valence-electron chi connectivity index (χ2n) is 8.85. The Morgan fingerprint density at radius 2 is 1.90 bits per heavy atom. The number of nitrogens with one attached hydrogen (secondary N) is 1. The van der Waals surface area contributed by atoms with Gasteiger partial charge >= 0.3 is 0 Å². The lowest BCUT2D eigenvalue weighted by Crippen LogP contribution is -2.52. The summed E-state index contributed by atoms with van der Waals surface area (Å²) in [6.45, 7) is 11.4. The molecule has 1 N–H and O–H groups in total. The van der Waals surface area contributed by atoms with E-state index in [0.717, 1.165) is 57.4 Å². The van der Waals surface area contributed by atoms with E-state index in [1.54, 1.807) is 7.11 Å². The van der Waals surface area contributed by atoms with E-state index in [4.69, 9.17) is 9.47 Å². The Morgan fingerprint density at radius 3 is 2.48 bits per heavy atom. The van der Waals surface area contributed by atoms with Gasteiger partial charge in [0.2, 0.25) is 0 Å². The van der Waals surface area contributed by atoms with Crippen LogP contribution in [0.2, 0.25) is 0 Å². The molecule has 2 heterocycles. The molecule has 2 fully saturated rings. The molecule has 0 saturated carbocycles. The number of hydrogen-bond donors (Lipinski definition) is 1. The molecule has 2 aliphatic rings. The summed E-state index contributed by atoms with van der Waals surface area (Å²) in [5.41, 5.74) is 2.56. The van der Waals surface area contributed by atoms with Crippen LogP contribution in [-0.4, -0.2) is 57.9 Å². The lowest BCUT2D eigenvalue weighted by atomic mass is 9.73. The summed E-state index contributed by atoms with van der Waals surface area (Å²) in [5.74, 6) is 3.41. The van der Waals surface area contributed by atoms with Crippen molar-refractivity contribution in [1.29, 1.82) is 0 Å². The highest BCUT2D eigenvalue weighted by Crippen LogP contribution is 2.40. The quantitative estimate of drug-likeness (QED) is 0.371. The average molecular weight is 515 g/mol. The van der Waals surface area contributed by atoms with Crippen LogP contribution in [-0.2, 0) is 10.2 Å². The molecule has 0 amide bonds. The predicted octanol–water partition coefficient (Wildman–Crippen LogP) is 4.22. The van der Waals surface area contributed by atoms with Gasteiger partial charge in [-0.3, -0.25) is 4.99 Å². The molecule has 2 atom stereocenters. The van der Waals surface area contributed by atoms with Gasteiger partial charge in [0.1, 0.15) is 5.75 Å². The Hall–Kier alpha value is -1.02. The number of nitrogens with zero attached hydrogens (tertiary/aromatic N) is 2. The van der Waals surface area contributed by atoms with Crippen molar-refractivity contribution in [1.82, 2.24) is 10.2 Å². The average Bonchev–Trinajstić information content (AvgIpc) is 2.68. The van der Waals surface area contributed by atoms with Crippen LogP contribution in [0, 0.1) is 18.8 Å². The summed E-state index contributed by atoms with van der Waals surface area (Å²) in [4.78, 5) is 7.05. The molecule has 5 nitrogen and oxygen atoms in total. The van der Waals surface area contributed by atoms with Gasteiger partial charge in [0, 0.05) is 50.9 Å². The van der Waals surface area contributed by atoms with Crippen molar-refractivity contribution in [2.45, 2.75) is 45.4 Å². The molecule has 29 heavy (non-hydrogen) atoms. The maximum Gasteiger partial charge on any atom is 0.193 e. The largest absolute Gasteiger partial charge is 0.496 e. The molecule has 1 aromatic rings. The van der Waals surface area contributed by atoms with Crippen LogP contribution in [0.3, 0.4) is 0 Å². The third kappa shape index (κ3) is 5.78. The van der Waals surface area contributed by atoms with E-state index in [-0.39, 0.29) is 29.4 Å². The van der Waals surface area contributed by atoms with E-state index in [9.17, 15) is 0 Å². The van der Waals surface area contributed by atoms with Gasteiger partial charge in [0.15, 0.2) is 5.96 Å². The zero-order valence-electron chi connectivity index (χ0n) is 18.7. The Kier molecular flexibility index (Phi) is 9.07. The van der Waals surface area contributed by atoms with E-state index < -0.39 is 0 Å². The number of halogens is 1. The van der Waals surface area contributed by atoms with Crippen molar-refractivity contribution < 1.29 is 9.47 Å². The molecular weight excluding hydrogens is 477 g/mol. The highest BCUT2D eigenvalue weighted by molar-refractivity contribution is 14.0. The fraction of sp³-hybridized carbons (Fsp3) is 0.696. The Balaban J connectivity index is 0.00000300. The zero-order valence-corrected chi connectivity index (χ0v) is 21.0. The van der Waals surface area contributed by atoms with Gasteiger partial charge in [-0.15, -0.1) is 24.0 Å². The number of methoxy groups -OCH3 is 1. The SMILES string of the molecule is CN=C(NCC1(c2cc(C)ccc2OC)CCOCC1)N1CC(C)CC(C)C1.I. The first-order valence-electron chi connectivity index (χ1n) is 10.7. The molecule has 164 valence electrons. The summed E-state index contributed by atoms with van der Waals surface area (Å²) in [5, 5.41) is 3.72. The molecule has 1 aromatic carbocycles. The summed E-state index contributed by atoms with van der Waals surface area (Å²) in [6, 6.07) is 6.52. The van der Waals surface area contributed by atoms with Crippen LogP contribution in [0.15, 0.2) is 23.2 Å². The van der Waals surface area contributed by atoms with Crippen molar-refractivity contribution >= 4 is 29.9 Å². The van der Waals surface area contributed by atoms with Gasteiger partial charge in [-0.1, -0.05) is 31.5 Å². The fourth-order valence-corrected chi connectivity index (χ4v) is 4.96. The molecule has 3 rings (SSSR count). The number of ether oxygens (including phenoxy) is 2. The molecule has 0 aromatic heterocycles. The number of likely N-dealkylation sites (tertiary alicyclic amines) is 1. The molecule has 2 saturated heterocycles. The number of aliphatic imine (C=N–C) groups is 1. The number of piperidine rings is 1. The van der Waals surface area contributed by atoms with Crippen LogP contribution >= 0.6 is 24.0 Å². The van der Waals surface area contributed by atoms with Gasteiger partial charge in [0.25, 0.3) is 0 Å². The smallest absolute Gasteiger partial charge is 0.193 e.